The van der Waals surface area contributed by atoms with Crippen molar-refractivity contribution >= 4 is 5.96 Å². The van der Waals surface area contributed by atoms with E-state index in [9.17, 15) is 0 Å². The summed E-state index contributed by atoms with van der Waals surface area (Å²) in [6.45, 7) is 8.50. The number of nitrogens with one attached hydrogen (secondary N) is 2. The highest BCUT2D eigenvalue weighted by molar-refractivity contribution is 5.79. The standard InChI is InChI=1S/C20H37N5O/c1-16(2)13-17(24(4)5)14-22-20(21-3)23-15-18(19-9-8-12-26-19)25-10-6-7-11-25/h8-9,12,16-18H,6-7,10-11,13-15H2,1-5H3,(H2,21,22,23). The molecular formula is C20H37N5O. The van der Waals surface area contributed by atoms with Crippen molar-refractivity contribution in [2.45, 2.75) is 45.2 Å². The van der Waals surface area contributed by atoms with Crippen LogP contribution in [0.25, 0.3) is 0 Å². The highest BCUT2D eigenvalue weighted by Crippen LogP contribution is 2.24. The predicted octanol–water partition coefficient (Wildman–Crippen LogP) is 2.56. The minimum absolute atomic E-state index is 0.256. The Morgan fingerprint density at radius 2 is 1.92 bits per heavy atom. The van der Waals surface area contributed by atoms with E-state index >= 15 is 0 Å². The van der Waals surface area contributed by atoms with Gasteiger partial charge in [-0.15, -0.1) is 0 Å². The van der Waals surface area contributed by atoms with E-state index < -0.39 is 0 Å². The molecule has 0 aliphatic carbocycles. The maximum Gasteiger partial charge on any atom is 0.191 e. The highest BCUT2D eigenvalue weighted by atomic mass is 16.3. The zero-order valence-electron chi connectivity index (χ0n) is 17.2. The number of rotatable bonds is 9. The van der Waals surface area contributed by atoms with Crippen LogP contribution in [0.15, 0.2) is 27.8 Å². The van der Waals surface area contributed by atoms with Crippen LogP contribution in [0.1, 0.15) is 44.9 Å². The Morgan fingerprint density at radius 1 is 1.23 bits per heavy atom. The first-order valence-corrected chi connectivity index (χ1v) is 9.89. The van der Waals surface area contributed by atoms with Crippen molar-refractivity contribution in [1.29, 1.82) is 0 Å². The smallest absolute Gasteiger partial charge is 0.191 e. The largest absolute Gasteiger partial charge is 0.468 e. The van der Waals surface area contributed by atoms with Crippen molar-refractivity contribution < 1.29 is 4.42 Å². The van der Waals surface area contributed by atoms with Crippen LogP contribution in [-0.2, 0) is 0 Å². The summed E-state index contributed by atoms with van der Waals surface area (Å²) < 4.78 is 5.70. The highest BCUT2D eigenvalue weighted by Gasteiger charge is 2.25. The molecule has 1 aromatic heterocycles. The maximum atomic E-state index is 5.70. The molecule has 2 heterocycles. The number of likely N-dealkylation sites (tertiary alicyclic amines) is 1. The molecule has 2 atom stereocenters. The van der Waals surface area contributed by atoms with Gasteiger partial charge >= 0.3 is 0 Å². The second-order valence-corrected chi connectivity index (χ2v) is 7.86. The van der Waals surface area contributed by atoms with Gasteiger partial charge in [-0.3, -0.25) is 9.89 Å². The molecule has 1 aliphatic heterocycles. The fourth-order valence-corrected chi connectivity index (χ4v) is 3.59. The molecule has 0 radical (unpaired) electrons. The van der Waals surface area contributed by atoms with Crippen LogP contribution in [0.2, 0.25) is 0 Å². The third-order valence-electron chi connectivity index (χ3n) is 5.12. The summed E-state index contributed by atoms with van der Waals surface area (Å²) >= 11 is 0. The van der Waals surface area contributed by atoms with Gasteiger partial charge in [0.05, 0.1) is 12.3 Å². The van der Waals surface area contributed by atoms with Gasteiger partial charge in [0.1, 0.15) is 5.76 Å². The third kappa shape index (κ3) is 6.32. The van der Waals surface area contributed by atoms with Gasteiger partial charge in [0.25, 0.3) is 0 Å². The number of hydrogen-bond acceptors (Lipinski definition) is 4. The molecule has 2 unspecified atom stereocenters. The molecule has 1 aromatic rings. The van der Waals surface area contributed by atoms with E-state index in [2.05, 4.69) is 59.4 Å². The number of guanidine groups is 1. The molecule has 0 aromatic carbocycles. The Morgan fingerprint density at radius 3 is 2.46 bits per heavy atom. The van der Waals surface area contributed by atoms with Crippen LogP contribution in [0.4, 0.5) is 0 Å². The Hall–Kier alpha value is -1.53. The second-order valence-electron chi connectivity index (χ2n) is 7.86. The van der Waals surface area contributed by atoms with Crippen molar-refractivity contribution in [1.82, 2.24) is 20.4 Å². The summed E-state index contributed by atoms with van der Waals surface area (Å²) in [5.74, 6) is 2.56. The number of aliphatic imine (C=N–C) groups is 1. The Bertz CT molecular complexity index is 520. The first-order valence-electron chi connectivity index (χ1n) is 9.89. The lowest BCUT2D eigenvalue weighted by Crippen LogP contribution is -2.47. The van der Waals surface area contributed by atoms with Gasteiger partial charge in [0.2, 0.25) is 0 Å². The van der Waals surface area contributed by atoms with Gasteiger partial charge in [-0.05, 0) is 64.5 Å². The SMILES string of the molecule is CN=C(NCC(CC(C)C)N(C)C)NCC(c1ccco1)N1CCCC1. The molecule has 0 saturated carbocycles. The normalized spacial score (nSPS) is 18.5. The molecule has 26 heavy (non-hydrogen) atoms. The average Bonchev–Trinajstić information content (AvgIpc) is 3.30. The summed E-state index contributed by atoms with van der Waals surface area (Å²) in [7, 11) is 6.12. The summed E-state index contributed by atoms with van der Waals surface area (Å²) in [6, 6.07) is 4.80. The van der Waals surface area contributed by atoms with E-state index in [0.29, 0.717) is 12.0 Å². The summed E-state index contributed by atoms with van der Waals surface area (Å²) in [4.78, 5) is 9.19. The quantitative estimate of drug-likeness (QED) is 0.522. The van der Waals surface area contributed by atoms with E-state index in [1.165, 1.54) is 19.3 Å². The van der Waals surface area contributed by atoms with Crippen LogP contribution in [0, 0.1) is 5.92 Å². The summed E-state index contributed by atoms with van der Waals surface area (Å²) in [5.41, 5.74) is 0. The minimum atomic E-state index is 0.256. The summed E-state index contributed by atoms with van der Waals surface area (Å²) in [6.07, 6.45) is 5.46. The van der Waals surface area contributed by atoms with Crippen molar-refractivity contribution in [3.8, 4) is 0 Å². The van der Waals surface area contributed by atoms with Gasteiger partial charge in [-0.1, -0.05) is 13.8 Å². The number of likely N-dealkylation sites (N-methyl/N-ethyl adjacent to an activating group) is 1. The Kier molecular flexibility index (Phi) is 8.45. The first-order chi connectivity index (χ1) is 12.5. The fraction of sp³-hybridized carbons (Fsp3) is 0.750. The minimum Gasteiger partial charge on any atom is -0.468 e. The topological polar surface area (TPSA) is 56.0 Å². The number of nitrogens with zero attached hydrogens (tertiary/aromatic N) is 3. The molecule has 148 valence electrons. The first kappa shape index (κ1) is 20.8. The van der Waals surface area contributed by atoms with E-state index in [-0.39, 0.29) is 6.04 Å². The maximum absolute atomic E-state index is 5.70. The van der Waals surface area contributed by atoms with E-state index in [1.807, 2.05) is 13.1 Å². The van der Waals surface area contributed by atoms with Crippen LogP contribution < -0.4 is 10.6 Å². The Balaban J connectivity index is 1.89. The predicted molar refractivity (Wildman–Crippen MR) is 109 cm³/mol. The molecule has 2 N–H and O–H groups in total. The molecule has 2 rings (SSSR count). The number of furan rings is 1. The van der Waals surface area contributed by atoms with Crippen molar-refractivity contribution in [2.24, 2.45) is 10.9 Å². The van der Waals surface area contributed by atoms with Gasteiger partial charge in [0.15, 0.2) is 5.96 Å². The van der Waals surface area contributed by atoms with Gasteiger partial charge in [0, 0.05) is 26.2 Å². The van der Waals surface area contributed by atoms with Crippen LogP contribution in [-0.4, -0.2) is 69.1 Å². The van der Waals surface area contributed by atoms with Gasteiger partial charge in [-0.2, -0.15) is 0 Å². The van der Waals surface area contributed by atoms with E-state index in [0.717, 1.165) is 37.9 Å². The van der Waals surface area contributed by atoms with E-state index in [1.54, 1.807) is 6.26 Å². The molecule has 1 saturated heterocycles. The van der Waals surface area contributed by atoms with Crippen LogP contribution in [0.5, 0.6) is 0 Å². The van der Waals surface area contributed by atoms with Crippen molar-refractivity contribution in [2.75, 3.05) is 47.3 Å². The lowest BCUT2D eigenvalue weighted by Gasteiger charge is -2.29. The van der Waals surface area contributed by atoms with Crippen molar-refractivity contribution in [3.05, 3.63) is 24.2 Å². The van der Waals surface area contributed by atoms with Crippen LogP contribution in [0.3, 0.4) is 0 Å². The zero-order valence-corrected chi connectivity index (χ0v) is 17.2. The van der Waals surface area contributed by atoms with Gasteiger partial charge in [-0.25, -0.2) is 0 Å². The molecule has 0 spiro atoms. The third-order valence-corrected chi connectivity index (χ3v) is 5.12. The molecule has 6 heteroatoms. The molecule has 1 fully saturated rings. The van der Waals surface area contributed by atoms with Crippen molar-refractivity contribution in [3.63, 3.8) is 0 Å². The molecule has 0 amide bonds. The number of hydrogen-bond donors (Lipinski definition) is 2. The fourth-order valence-electron chi connectivity index (χ4n) is 3.59. The molecular weight excluding hydrogens is 326 g/mol. The second kappa shape index (κ2) is 10.6. The lowest BCUT2D eigenvalue weighted by molar-refractivity contribution is 0.215. The van der Waals surface area contributed by atoms with Gasteiger partial charge < -0.3 is 20.0 Å². The summed E-state index contributed by atoms with van der Waals surface area (Å²) in [5, 5.41) is 7.00. The monoisotopic (exact) mass is 363 g/mol. The Labute approximate surface area is 159 Å². The molecule has 0 bridgehead atoms. The molecule has 1 aliphatic rings. The average molecular weight is 364 g/mol. The zero-order chi connectivity index (χ0) is 18.9. The van der Waals surface area contributed by atoms with Crippen LogP contribution >= 0.6 is 0 Å². The molecule has 6 nitrogen and oxygen atoms in total. The lowest BCUT2D eigenvalue weighted by atomic mass is 10.0. The van der Waals surface area contributed by atoms with E-state index in [4.69, 9.17) is 4.42 Å².